The van der Waals surface area contributed by atoms with Crippen LogP contribution in [0.15, 0.2) is 48.5 Å². The highest BCUT2D eigenvalue weighted by atomic mass is 35.5. The van der Waals surface area contributed by atoms with E-state index in [-0.39, 0.29) is 6.03 Å². The van der Waals surface area contributed by atoms with Gasteiger partial charge in [0.1, 0.15) is 5.82 Å². The fourth-order valence-corrected chi connectivity index (χ4v) is 3.20. The molecule has 1 aromatic heterocycles. The highest BCUT2D eigenvalue weighted by molar-refractivity contribution is 6.34. The van der Waals surface area contributed by atoms with E-state index < -0.39 is 0 Å². The molecule has 0 bridgehead atoms. The van der Waals surface area contributed by atoms with Crippen LogP contribution in [-0.4, -0.2) is 15.8 Å². The van der Waals surface area contributed by atoms with Gasteiger partial charge in [0.25, 0.3) is 0 Å². The summed E-state index contributed by atoms with van der Waals surface area (Å²) < 4.78 is 1.74. The largest absolute Gasteiger partial charge is 0.326 e. The van der Waals surface area contributed by atoms with Gasteiger partial charge in [0, 0.05) is 12.6 Å². The highest BCUT2D eigenvalue weighted by Gasteiger charge is 2.14. The number of unbranched alkanes of at least 4 members (excludes halogenated alkanes) is 1. The Morgan fingerprint density at radius 3 is 2.72 bits per heavy atom. The average molecular weight is 412 g/mol. The number of urea groups is 1. The zero-order valence-corrected chi connectivity index (χ0v) is 17.5. The summed E-state index contributed by atoms with van der Waals surface area (Å²) in [5, 5.41) is 10.9. The number of aromatic nitrogens is 2. The summed E-state index contributed by atoms with van der Waals surface area (Å²) in [4.78, 5) is 12.6. The first-order valence-corrected chi connectivity index (χ1v) is 10.1. The minimum Gasteiger partial charge on any atom is -0.326 e. The second kappa shape index (κ2) is 9.58. The van der Waals surface area contributed by atoms with E-state index in [1.54, 1.807) is 10.7 Å². The van der Waals surface area contributed by atoms with Crippen molar-refractivity contribution in [3.8, 4) is 5.69 Å². The molecular weight excluding hydrogens is 386 g/mol. The van der Waals surface area contributed by atoms with Gasteiger partial charge in [0.05, 0.1) is 22.1 Å². The van der Waals surface area contributed by atoms with Gasteiger partial charge >= 0.3 is 6.03 Å². The van der Waals surface area contributed by atoms with Crippen LogP contribution >= 0.6 is 11.6 Å². The fraction of sp³-hybridized carbons (Fsp3) is 0.273. The highest BCUT2D eigenvalue weighted by Crippen LogP contribution is 2.26. The molecule has 0 atom stereocenters. The summed E-state index contributed by atoms with van der Waals surface area (Å²) in [6.45, 7) is 4.47. The van der Waals surface area contributed by atoms with Crippen molar-refractivity contribution in [2.45, 2.75) is 39.7 Å². The van der Waals surface area contributed by atoms with E-state index in [1.165, 1.54) is 0 Å². The molecule has 0 spiro atoms. The van der Waals surface area contributed by atoms with Crippen LogP contribution in [0.1, 0.15) is 36.6 Å². The van der Waals surface area contributed by atoms with E-state index in [0.29, 0.717) is 23.1 Å². The number of carbonyl (C=O) groups is 1. The Kier molecular flexibility index (Phi) is 6.90. The third-order valence-corrected chi connectivity index (χ3v) is 5.12. The molecule has 1 heterocycles. The van der Waals surface area contributed by atoms with E-state index in [0.717, 1.165) is 41.8 Å². The van der Waals surface area contributed by atoms with Gasteiger partial charge in [-0.2, -0.15) is 5.10 Å². The molecule has 2 amide bonds. The molecule has 152 valence electrons. The Balaban J connectivity index is 1.87. The Hall–Kier alpha value is -2.83. The summed E-state index contributed by atoms with van der Waals surface area (Å²) in [5.74, 6) is 0.589. The quantitative estimate of drug-likeness (QED) is 0.494. The molecule has 6 nitrogen and oxygen atoms in total. The molecule has 0 aliphatic rings. The number of hydrogen-bond acceptors (Lipinski definition) is 3. The van der Waals surface area contributed by atoms with Gasteiger partial charge in [-0.1, -0.05) is 49.2 Å². The van der Waals surface area contributed by atoms with Crippen molar-refractivity contribution in [1.82, 2.24) is 9.78 Å². The number of halogens is 1. The van der Waals surface area contributed by atoms with Crippen LogP contribution in [-0.2, 0) is 13.0 Å². The maximum absolute atomic E-state index is 12.6. The number of carbonyl (C=O) groups excluding carboxylic acids is 1. The monoisotopic (exact) mass is 411 g/mol. The third-order valence-electron chi connectivity index (χ3n) is 4.62. The number of nitrogens with one attached hydrogen (secondary N) is 2. The van der Waals surface area contributed by atoms with Crippen molar-refractivity contribution < 1.29 is 4.79 Å². The van der Waals surface area contributed by atoms with Crippen LogP contribution in [0.25, 0.3) is 5.69 Å². The SMILES string of the molecule is CCCCc1cc(NC(=O)Nc2cccc(C)c2Cl)n(-c2cccc(CN)c2)n1. The summed E-state index contributed by atoms with van der Waals surface area (Å²) in [6, 6.07) is 14.8. The molecule has 3 rings (SSSR count). The number of hydrogen-bond donors (Lipinski definition) is 3. The summed E-state index contributed by atoms with van der Waals surface area (Å²) in [5.41, 5.74) is 10.0. The first-order valence-electron chi connectivity index (χ1n) is 9.73. The first kappa shape index (κ1) is 20.9. The van der Waals surface area contributed by atoms with Crippen molar-refractivity contribution in [2.75, 3.05) is 10.6 Å². The molecule has 0 saturated carbocycles. The van der Waals surface area contributed by atoms with Crippen molar-refractivity contribution >= 4 is 29.1 Å². The standard InChI is InChI=1S/C22H26ClN5O/c1-3-4-9-17-13-20(28(27-17)18-10-6-8-16(12-18)14-24)26-22(29)25-19-11-5-7-15(2)21(19)23/h5-8,10-13H,3-4,9,14,24H2,1-2H3,(H2,25,26,29). The van der Waals surface area contributed by atoms with Gasteiger partial charge in [0.2, 0.25) is 0 Å². The lowest BCUT2D eigenvalue weighted by molar-refractivity contribution is 0.262. The smallest absolute Gasteiger partial charge is 0.324 e. The fourth-order valence-electron chi connectivity index (χ4n) is 3.03. The zero-order valence-electron chi connectivity index (χ0n) is 16.7. The van der Waals surface area contributed by atoms with Gasteiger partial charge in [-0.25, -0.2) is 9.48 Å². The van der Waals surface area contributed by atoms with Crippen LogP contribution in [0, 0.1) is 6.92 Å². The Morgan fingerprint density at radius 1 is 1.17 bits per heavy atom. The van der Waals surface area contributed by atoms with Gasteiger partial charge < -0.3 is 11.1 Å². The Bertz CT molecular complexity index is 999. The molecule has 2 aromatic carbocycles. The number of amides is 2. The number of aryl methyl sites for hydroxylation is 2. The van der Waals surface area contributed by atoms with Crippen LogP contribution in [0.5, 0.6) is 0 Å². The zero-order chi connectivity index (χ0) is 20.8. The van der Waals surface area contributed by atoms with Gasteiger partial charge in [-0.15, -0.1) is 0 Å². The van der Waals surface area contributed by atoms with Crippen molar-refractivity contribution in [3.63, 3.8) is 0 Å². The number of anilines is 2. The summed E-state index contributed by atoms with van der Waals surface area (Å²) >= 11 is 6.29. The van der Waals surface area contributed by atoms with Crippen molar-refractivity contribution in [1.29, 1.82) is 0 Å². The number of benzene rings is 2. The molecular formula is C22H26ClN5O. The van der Waals surface area contributed by atoms with E-state index in [4.69, 9.17) is 22.4 Å². The summed E-state index contributed by atoms with van der Waals surface area (Å²) in [6.07, 6.45) is 2.95. The maximum atomic E-state index is 12.6. The molecule has 0 saturated heterocycles. The van der Waals surface area contributed by atoms with E-state index in [2.05, 4.69) is 17.6 Å². The predicted octanol–water partition coefficient (Wildman–Crippen LogP) is 5.28. The number of nitrogens with zero attached hydrogens (tertiary/aromatic N) is 2. The van der Waals surface area contributed by atoms with E-state index in [1.807, 2.05) is 49.4 Å². The van der Waals surface area contributed by atoms with Crippen molar-refractivity contribution in [3.05, 3.63) is 70.4 Å². The normalized spacial score (nSPS) is 10.8. The van der Waals surface area contributed by atoms with Crippen LogP contribution < -0.4 is 16.4 Å². The van der Waals surface area contributed by atoms with Gasteiger partial charge in [0.15, 0.2) is 0 Å². The molecule has 0 radical (unpaired) electrons. The molecule has 3 aromatic rings. The lowest BCUT2D eigenvalue weighted by Crippen LogP contribution is -2.21. The topological polar surface area (TPSA) is 85.0 Å². The average Bonchev–Trinajstić information content (AvgIpc) is 3.12. The Morgan fingerprint density at radius 2 is 1.97 bits per heavy atom. The van der Waals surface area contributed by atoms with E-state index in [9.17, 15) is 4.79 Å². The van der Waals surface area contributed by atoms with E-state index >= 15 is 0 Å². The molecule has 29 heavy (non-hydrogen) atoms. The molecule has 0 aliphatic carbocycles. The molecule has 0 aliphatic heterocycles. The van der Waals surface area contributed by atoms with Crippen molar-refractivity contribution in [2.24, 2.45) is 5.73 Å². The third kappa shape index (κ3) is 5.16. The van der Waals surface area contributed by atoms with Gasteiger partial charge in [-0.3, -0.25) is 5.32 Å². The lowest BCUT2D eigenvalue weighted by atomic mass is 10.2. The Labute approximate surface area is 176 Å². The van der Waals surface area contributed by atoms with Crippen LogP contribution in [0.3, 0.4) is 0 Å². The van der Waals surface area contributed by atoms with Gasteiger partial charge in [-0.05, 0) is 49.1 Å². The number of nitrogens with two attached hydrogens (primary N) is 1. The molecule has 0 unspecified atom stereocenters. The van der Waals surface area contributed by atoms with Crippen LogP contribution in [0.4, 0.5) is 16.3 Å². The maximum Gasteiger partial charge on any atom is 0.324 e. The summed E-state index contributed by atoms with van der Waals surface area (Å²) in [7, 11) is 0. The minimum atomic E-state index is -0.379. The molecule has 7 heteroatoms. The predicted molar refractivity (Wildman–Crippen MR) is 119 cm³/mol. The molecule has 4 N–H and O–H groups in total. The minimum absolute atomic E-state index is 0.379. The lowest BCUT2D eigenvalue weighted by Gasteiger charge is -2.12. The molecule has 0 fully saturated rings. The first-order chi connectivity index (χ1) is 14.0. The second-order valence-electron chi connectivity index (χ2n) is 6.93. The second-order valence-corrected chi connectivity index (χ2v) is 7.30. The number of rotatable bonds is 7. The van der Waals surface area contributed by atoms with Crippen LogP contribution in [0.2, 0.25) is 5.02 Å².